The zero-order chi connectivity index (χ0) is 13.8. The monoisotopic (exact) mass is 388 g/mol. The van der Waals surface area contributed by atoms with Gasteiger partial charge in [0, 0.05) is 11.8 Å². The summed E-state index contributed by atoms with van der Waals surface area (Å²) in [7, 11) is 0. The Balaban J connectivity index is 2.98. The van der Waals surface area contributed by atoms with E-state index in [4.69, 9.17) is 0 Å². The first-order chi connectivity index (χ1) is 8.35. The van der Waals surface area contributed by atoms with Gasteiger partial charge in [-0.05, 0) is 23.3 Å². The predicted molar refractivity (Wildman–Crippen MR) is 68.3 cm³/mol. The van der Waals surface area contributed by atoms with E-state index in [9.17, 15) is 18.0 Å². The summed E-state index contributed by atoms with van der Waals surface area (Å²) in [6.07, 6.45) is -4.66. The minimum absolute atomic E-state index is 0.0707. The molecule has 1 aromatic carbocycles. The van der Waals surface area contributed by atoms with Crippen molar-refractivity contribution in [2.24, 2.45) is 0 Å². The van der Waals surface area contributed by atoms with E-state index >= 15 is 0 Å². The molecule has 0 heterocycles. The maximum absolute atomic E-state index is 12.1. The number of benzene rings is 1. The van der Waals surface area contributed by atoms with Crippen LogP contribution in [0.2, 0.25) is 0 Å². The largest absolute Gasteiger partial charge is 0.573 e. The van der Waals surface area contributed by atoms with Gasteiger partial charge in [0.05, 0.1) is 5.33 Å². The zero-order valence-electron chi connectivity index (χ0n) is 9.06. The summed E-state index contributed by atoms with van der Waals surface area (Å²) >= 11 is 6.23. The molecule has 0 spiro atoms. The Kier molecular flexibility index (Phi) is 5.65. The summed E-state index contributed by atoms with van der Waals surface area (Å²) in [5.74, 6) is -0.425. The van der Waals surface area contributed by atoms with Crippen molar-refractivity contribution in [3.05, 3.63) is 29.3 Å². The van der Waals surface area contributed by atoms with Crippen molar-refractivity contribution in [3.8, 4) is 5.75 Å². The predicted octanol–water partition coefficient (Wildman–Crippen LogP) is 3.99. The molecule has 0 bridgehead atoms. The van der Waals surface area contributed by atoms with Crippen molar-refractivity contribution in [1.82, 2.24) is 0 Å². The van der Waals surface area contributed by atoms with Gasteiger partial charge in [-0.25, -0.2) is 0 Å². The van der Waals surface area contributed by atoms with E-state index in [2.05, 4.69) is 36.6 Å². The van der Waals surface area contributed by atoms with Gasteiger partial charge in [0.2, 0.25) is 0 Å². The molecule has 0 aromatic heterocycles. The lowest BCUT2D eigenvalue weighted by Gasteiger charge is -2.12. The Hall–Kier alpha value is -0.560. The molecule has 1 aromatic rings. The van der Waals surface area contributed by atoms with E-state index in [1.165, 1.54) is 18.2 Å². The number of carbonyl (C=O) groups excluding carboxylic acids is 1. The van der Waals surface area contributed by atoms with Gasteiger partial charge < -0.3 is 4.74 Å². The minimum Gasteiger partial charge on any atom is -0.406 e. The van der Waals surface area contributed by atoms with E-state index in [1.807, 2.05) is 0 Å². The van der Waals surface area contributed by atoms with Crippen LogP contribution in [-0.4, -0.2) is 17.5 Å². The van der Waals surface area contributed by atoms with E-state index in [0.29, 0.717) is 10.9 Å². The lowest BCUT2D eigenvalue weighted by molar-refractivity contribution is -0.274. The van der Waals surface area contributed by atoms with Gasteiger partial charge in [0.25, 0.3) is 0 Å². The number of alkyl halides is 5. The molecule has 0 unspecified atom stereocenters. The smallest absolute Gasteiger partial charge is 0.406 e. The number of hydrogen-bond donors (Lipinski definition) is 0. The number of rotatable bonds is 5. The molecule has 0 N–H and O–H groups in total. The van der Waals surface area contributed by atoms with Gasteiger partial charge >= 0.3 is 6.36 Å². The Bertz CT molecular complexity index is 433. The lowest BCUT2D eigenvalue weighted by atomic mass is 10.0. The van der Waals surface area contributed by atoms with E-state index in [-0.39, 0.29) is 23.3 Å². The quantitative estimate of drug-likeness (QED) is 0.712. The van der Waals surface area contributed by atoms with Crippen molar-refractivity contribution in [2.75, 3.05) is 5.33 Å². The maximum Gasteiger partial charge on any atom is 0.573 e. The first-order valence-corrected chi connectivity index (χ1v) is 7.11. The Labute approximate surface area is 119 Å². The van der Waals surface area contributed by atoms with E-state index in [0.717, 1.165) is 5.56 Å². The van der Waals surface area contributed by atoms with Gasteiger partial charge in [-0.1, -0.05) is 37.9 Å². The number of Topliss-reactive ketones (excluding diaryl/α,β-unsaturated/α-hetero) is 1. The van der Waals surface area contributed by atoms with Crippen LogP contribution in [0.1, 0.15) is 11.1 Å². The Morgan fingerprint density at radius 3 is 2.39 bits per heavy atom. The molecule has 0 aliphatic rings. The highest BCUT2D eigenvalue weighted by molar-refractivity contribution is 9.09. The molecule has 100 valence electrons. The fourth-order valence-electron chi connectivity index (χ4n) is 1.35. The van der Waals surface area contributed by atoms with E-state index in [1.54, 1.807) is 0 Å². The number of halogens is 5. The maximum atomic E-state index is 12.1. The average molecular weight is 390 g/mol. The Morgan fingerprint density at radius 2 is 1.89 bits per heavy atom. The van der Waals surface area contributed by atoms with Crippen LogP contribution in [0.25, 0.3) is 0 Å². The van der Waals surface area contributed by atoms with Gasteiger partial charge in [-0.2, -0.15) is 0 Å². The van der Waals surface area contributed by atoms with Crippen LogP contribution in [0.3, 0.4) is 0 Å². The highest BCUT2D eigenvalue weighted by Crippen LogP contribution is 2.26. The third-order valence-corrected chi connectivity index (χ3v) is 3.32. The van der Waals surface area contributed by atoms with Crippen LogP contribution < -0.4 is 4.74 Å². The number of carbonyl (C=O) groups is 1. The molecule has 0 fully saturated rings. The van der Waals surface area contributed by atoms with Crippen molar-refractivity contribution in [1.29, 1.82) is 0 Å². The number of hydrogen-bond acceptors (Lipinski definition) is 2. The average Bonchev–Trinajstić information content (AvgIpc) is 2.27. The SMILES string of the molecule is O=C(CBr)Cc1cc(OC(F)(F)F)ccc1CBr. The molecule has 1 rings (SSSR count). The zero-order valence-corrected chi connectivity index (χ0v) is 12.2. The second-order valence-corrected chi connectivity index (χ2v) is 4.58. The van der Waals surface area contributed by atoms with Crippen LogP contribution in [0, 0.1) is 0 Å². The summed E-state index contributed by atoms with van der Waals surface area (Å²) in [5, 5.41) is 0.628. The van der Waals surface area contributed by atoms with Gasteiger partial charge in [0.1, 0.15) is 11.5 Å². The molecule has 0 atom stereocenters. The van der Waals surface area contributed by atoms with E-state index < -0.39 is 6.36 Å². The fourth-order valence-corrected chi connectivity index (χ4v) is 2.10. The minimum atomic E-state index is -4.73. The highest BCUT2D eigenvalue weighted by Gasteiger charge is 2.31. The van der Waals surface area contributed by atoms with Gasteiger partial charge in [-0.15, -0.1) is 13.2 Å². The molecule has 18 heavy (non-hydrogen) atoms. The first-order valence-electron chi connectivity index (χ1n) is 4.87. The standard InChI is InChI=1S/C11H9Br2F3O2/c12-5-7-1-2-10(18-11(14,15)16)4-8(7)3-9(17)6-13/h1-2,4H,3,5-6H2. The molecule has 0 saturated carbocycles. The topological polar surface area (TPSA) is 26.3 Å². The molecule has 7 heteroatoms. The molecule has 0 saturated heterocycles. The fraction of sp³-hybridized carbons (Fsp3) is 0.364. The lowest BCUT2D eigenvalue weighted by Crippen LogP contribution is -2.17. The van der Waals surface area contributed by atoms with Crippen LogP contribution in [-0.2, 0) is 16.5 Å². The third kappa shape index (κ3) is 4.97. The molecular weight excluding hydrogens is 381 g/mol. The molecule has 0 radical (unpaired) electrons. The van der Waals surface area contributed by atoms with Gasteiger partial charge in [0.15, 0.2) is 0 Å². The number of ketones is 1. The van der Waals surface area contributed by atoms with Crippen molar-refractivity contribution in [2.45, 2.75) is 18.1 Å². The van der Waals surface area contributed by atoms with Crippen molar-refractivity contribution < 1.29 is 22.7 Å². The van der Waals surface area contributed by atoms with Crippen molar-refractivity contribution in [3.63, 3.8) is 0 Å². The number of ether oxygens (including phenoxy) is 1. The van der Waals surface area contributed by atoms with Crippen LogP contribution in [0.15, 0.2) is 18.2 Å². The molecule has 0 aliphatic heterocycles. The highest BCUT2D eigenvalue weighted by atomic mass is 79.9. The molecule has 0 amide bonds. The summed E-state index contributed by atoms with van der Waals surface area (Å²) in [6, 6.07) is 3.98. The summed E-state index contributed by atoms with van der Waals surface area (Å²) in [4.78, 5) is 11.3. The molecule has 0 aliphatic carbocycles. The van der Waals surface area contributed by atoms with Gasteiger partial charge in [-0.3, -0.25) is 4.79 Å². The third-order valence-electron chi connectivity index (χ3n) is 2.09. The second-order valence-electron chi connectivity index (χ2n) is 3.46. The normalized spacial score (nSPS) is 11.4. The van der Waals surface area contributed by atoms with Crippen molar-refractivity contribution >= 4 is 37.6 Å². The summed E-state index contributed by atoms with van der Waals surface area (Å²) in [5.41, 5.74) is 1.29. The molecular formula is C11H9Br2F3O2. The van der Waals surface area contributed by atoms with Crippen LogP contribution in [0.4, 0.5) is 13.2 Å². The van der Waals surface area contributed by atoms with Crippen LogP contribution in [0.5, 0.6) is 5.75 Å². The summed E-state index contributed by atoms with van der Waals surface area (Å²) in [6.45, 7) is 0. The Morgan fingerprint density at radius 1 is 1.22 bits per heavy atom. The first kappa shape index (κ1) is 15.5. The summed E-state index contributed by atoms with van der Waals surface area (Å²) < 4.78 is 40.1. The second kappa shape index (κ2) is 6.56. The molecule has 2 nitrogen and oxygen atoms in total. The van der Waals surface area contributed by atoms with Crippen LogP contribution >= 0.6 is 31.9 Å².